The van der Waals surface area contributed by atoms with Gasteiger partial charge in [0.05, 0.1) is 0 Å². The van der Waals surface area contributed by atoms with Crippen LogP contribution in [0.15, 0.2) is 0 Å². The fraction of sp³-hybridized carbons (Fsp3) is 1.00. The van der Waals surface area contributed by atoms with Crippen molar-refractivity contribution in [1.82, 2.24) is 9.57 Å². The first-order valence-corrected chi connectivity index (χ1v) is 6.95. The molecule has 90 valence electrons. The summed E-state index contributed by atoms with van der Waals surface area (Å²) in [5.74, 6) is 0. The maximum Gasteiger partial charge on any atom is 0.0231 e. The smallest absolute Gasteiger partial charge is 0.0231 e. The molecule has 0 aromatic rings. The second-order valence-electron chi connectivity index (χ2n) is 4.64. The second kappa shape index (κ2) is 6.18. The van der Waals surface area contributed by atoms with Crippen LogP contribution in [-0.2, 0) is 0 Å². The highest BCUT2D eigenvalue weighted by Crippen LogP contribution is 2.36. The van der Waals surface area contributed by atoms with Gasteiger partial charge in [-0.1, -0.05) is 29.7 Å². The summed E-state index contributed by atoms with van der Waals surface area (Å²) in [6.07, 6.45) is 7.02. The number of rotatable bonds is 0. The molecule has 1 spiro atoms. The van der Waals surface area contributed by atoms with Gasteiger partial charge in [-0.25, -0.2) is 0 Å². The van der Waals surface area contributed by atoms with E-state index >= 15 is 0 Å². The van der Waals surface area contributed by atoms with Gasteiger partial charge in [-0.3, -0.25) is 4.67 Å². The van der Waals surface area contributed by atoms with E-state index in [1.165, 1.54) is 51.7 Å². The van der Waals surface area contributed by atoms with Crippen LogP contribution in [-0.4, -0.2) is 41.8 Å². The molecule has 2 saturated heterocycles. The van der Waals surface area contributed by atoms with Crippen LogP contribution in [0.3, 0.4) is 0 Å². The van der Waals surface area contributed by atoms with E-state index < -0.39 is 0 Å². The minimum Gasteiger partial charge on any atom is -0.301 e. The molecule has 2 rings (SSSR count). The predicted octanol–water partition coefficient (Wildman–Crippen LogP) is 2.75. The van der Waals surface area contributed by atoms with Crippen LogP contribution in [0.4, 0.5) is 0 Å². The van der Waals surface area contributed by atoms with Gasteiger partial charge in [0.2, 0.25) is 0 Å². The molecule has 2 aliphatic rings. The standard InChI is InChI=1S/C10H21N2P.C2H6/c1-11-7-3-2-4-10(11)5-8-12(13)9-6-10;1-2/h2-9,13H2,1H3;1-2H3. The monoisotopic (exact) mass is 230 g/mol. The molecule has 0 aliphatic carbocycles. The predicted molar refractivity (Wildman–Crippen MR) is 71.1 cm³/mol. The lowest BCUT2D eigenvalue weighted by Gasteiger charge is -2.49. The Morgan fingerprint density at radius 2 is 1.53 bits per heavy atom. The summed E-state index contributed by atoms with van der Waals surface area (Å²) in [6, 6.07) is 0. The van der Waals surface area contributed by atoms with E-state index in [-0.39, 0.29) is 0 Å². The average molecular weight is 230 g/mol. The highest BCUT2D eigenvalue weighted by molar-refractivity contribution is 7.13. The summed E-state index contributed by atoms with van der Waals surface area (Å²) < 4.78 is 2.38. The molecule has 0 aromatic carbocycles. The summed E-state index contributed by atoms with van der Waals surface area (Å²) in [5, 5.41) is 0. The van der Waals surface area contributed by atoms with Crippen LogP contribution in [0.5, 0.6) is 0 Å². The molecule has 0 amide bonds. The van der Waals surface area contributed by atoms with Gasteiger partial charge in [0.15, 0.2) is 0 Å². The van der Waals surface area contributed by atoms with Gasteiger partial charge in [-0.05, 0) is 39.3 Å². The number of piperidine rings is 2. The number of hydrogen-bond acceptors (Lipinski definition) is 2. The first kappa shape index (κ1) is 13.4. The van der Waals surface area contributed by atoms with Crippen molar-refractivity contribution in [3.8, 4) is 0 Å². The molecule has 2 fully saturated rings. The van der Waals surface area contributed by atoms with Crippen LogP contribution < -0.4 is 0 Å². The van der Waals surface area contributed by atoms with Crippen LogP contribution in [0.2, 0.25) is 0 Å². The molecule has 0 aromatic heterocycles. The Kier molecular flexibility index (Phi) is 5.52. The SMILES string of the molecule is CC.CN1CCCCC12CCN(P)CC2. The topological polar surface area (TPSA) is 6.48 Å². The zero-order valence-corrected chi connectivity index (χ0v) is 11.8. The van der Waals surface area contributed by atoms with E-state index in [9.17, 15) is 0 Å². The lowest BCUT2D eigenvalue weighted by molar-refractivity contribution is 0.0296. The van der Waals surface area contributed by atoms with Crippen molar-refractivity contribution >= 4 is 9.39 Å². The molecule has 0 saturated carbocycles. The van der Waals surface area contributed by atoms with E-state index in [1.807, 2.05) is 13.8 Å². The molecule has 2 nitrogen and oxygen atoms in total. The summed E-state index contributed by atoms with van der Waals surface area (Å²) >= 11 is 0. The molecule has 1 unspecified atom stereocenters. The minimum atomic E-state index is 0.575. The summed E-state index contributed by atoms with van der Waals surface area (Å²) in [6.45, 7) is 7.83. The summed E-state index contributed by atoms with van der Waals surface area (Å²) in [5.41, 5.74) is 0.575. The van der Waals surface area contributed by atoms with Crippen molar-refractivity contribution < 1.29 is 0 Å². The van der Waals surface area contributed by atoms with Gasteiger partial charge in [0.1, 0.15) is 0 Å². The average Bonchev–Trinajstić information content (AvgIpc) is 2.29. The molecule has 0 radical (unpaired) electrons. The molecule has 3 heteroatoms. The lowest BCUT2D eigenvalue weighted by atomic mass is 9.79. The van der Waals surface area contributed by atoms with Gasteiger partial charge < -0.3 is 4.90 Å². The normalized spacial score (nSPS) is 27.2. The third-order valence-corrected chi connectivity index (χ3v) is 4.44. The Balaban J connectivity index is 0.000000531. The zero-order valence-electron chi connectivity index (χ0n) is 10.6. The molecule has 2 heterocycles. The van der Waals surface area contributed by atoms with Crippen LogP contribution >= 0.6 is 9.39 Å². The Bertz CT molecular complexity index is 176. The number of likely N-dealkylation sites (tertiary alicyclic amines) is 1. The van der Waals surface area contributed by atoms with E-state index in [0.29, 0.717) is 5.54 Å². The fourth-order valence-corrected chi connectivity index (χ4v) is 3.06. The number of hydrogen-bond donors (Lipinski definition) is 0. The quantitative estimate of drug-likeness (QED) is 0.590. The Hall–Kier alpha value is 0.350. The molecular weight excluding hydrogens is 203 g/mol. The minimum absolute atomic E-state index is 0.575. The van der Waals surface area contributed by atoms with Gasteiger partial charge in [-0.2, -0.15) is 0 Å². The van der Waals surface area contributed by atoms with Gasteiger partial charge in [-0.15, -0.1) is 0 Å². The lowest BCUT2D eigenvalue weighted by Crippen LogP contribution is -2.54. The van der Waals surface area contributed by atoms with Gasteiger partial charge in [0, 0.05) is 18.6 Å². The van der Waals surface area contributed by atoms with E-state index in [4.69, 9.17) is 0 Å². The van der Waals surface area contributed by atoms with Crippen molar-refractivity contribution in [1.29, 1.82) is 0 Å². The highest BCUT2D eigenvalue weighted by Gasteiger charge is 2.38. The summed E-state index contributed by atoms with van der Waals surface area (Å²) in [7, 11) is 5.15. The van der Waals surface area contributed by atoms with E-state index in [0.717, 1.165) is 0 Å². The van der Waals surface area contributed by atoms with E-state index in [2.05, 4.69) is 26.0 Å². The van der Waals surface area contributed by atoms with Gasteiger partial charge >= 0.3 is 0 Å². The van der Waals surface area contributed by atoms with Crippen LogP contribution in [0.25, 0.3) is 0 Å². The molecular formula is C12H27N2P. The Morgan fingerprint density at radius 1 is 0.933 bits per heavy atom. The first-order chi connectivity index (χ1) is 7.23. The Labute approximate surface area is 97.7 Å². The van der Waals surface area contributed by atoms with Crippen molar-refractivity contribution in [2.45, 2.75) is 51.5 Å². The molecule has 15 heavy (non-hydrogen) atoms. The van der Waals surface area contributed by atoms with Gasteiger partial charge in [0.25, 0.3) is 0 Å². The summed E-state index contributed by atoms with van der Waals surface area (Å²) in [4.78, 5) is 2.62. The molecule has 1 atom stereocenters. The zero-order chi connectivity index (χ0) is 11.3. The van der Waals surface area contributed by atoms with Crippen molar-refractivity contribution in [2.75, 3.05) is 26.7 Å². The molecule has 0 bridgehead atoms. The largest absolute Gasteiger partial charge is 0.301 e. The Morgan fingerprint density at radius 3 is 2.07 bits per heavy atom. The maximum atomic E-state index is 2.84. The fourth-order valence-electron chi connectivity index (χ4n) is 2.80. The van der Waals surface area contributed by atoms with E-state index in [1.54, 1.807) is 0 Å². The van der Waals surface area contributed by atoms with Crippen molar-refractivity contribution in [2.24, 2.45) is 0 Å². The van der Waals surface area contributed by atoms with Crippen LogP contribution in [0, 0.1) is 0 Å². The molecule has 2 aliphatic heterocycles. The maximum absolute atomic E-state index is 2.84. The second-order valence-corrected chi connectivity index (χ2v) is 5.37. The third-order valence-electron chi connectivity index (χ3n) is 3.92. The third kappa shape index (κ3) is 3.15. The molecule has 0 N–H and O–H groups in total. The van der Waals surface area contributed by atoms with Crippen LogP contribution in [0.1, 0.15) is 46.0 Å². The highest BCUT2D eigenvalue weighted by atomic mass is 31.0. The van der Waals surface area contributed by atoms with Crippen molar-refractivity contribution in [3.63, 3.8) is 0 Å². The first-order valence-electron chi connectivity index (χ1n) is 6.44. The number of nitrogens with zero attached hydrogens (tertiary/aromatic N) is 2. The van der Waals surface area contributed by atoms with Crippen molar-refractivity contribution in [3.05, 3.63) is 0 Å².